The van der Waals surface area contributed by atoms with Crippen LogP contribution in [-0.2, 0) is 9.59 Å². The number of thioether (sulfide) groups is 1. The van der Waals surface area contributed by atoms with Gasteiger partial charge in [0.2, 0.25) is 5.91 Å². The summed E-state index contributed by atoms with van der Waals surface area (Å²) in [7, 11) is 2.13. The highest BCUT2D eigenvalue weighted by Gasteiger charge is 2.44. The van der Waals surface area contributed by atoms with Crippen LogP contribution in [0.3, 0.4) is 0 Å². The monoisotopic (exact) mass is 541 g/mol. The van der Waals surface area contributed by atoms with Gasteiger partial charge < -0.3 is 19.9 Å². The van der Waals surface area contributed by atoms with Gasteiger partial charge in [0.1, 0.15) is 11.8 Å². The number of anilines is 2. The molecule has 0 aromatic heterocycles. The molecule has 2 amide bonds. The number of amides is 2. The smallest absolute Gasteiger partial charge is 0.256 e. The third-order valence-corrected chi connectivity index (χ3v) is 7.85. The van der Waals surface area contributed by atoms with Crippen molar-refractivity contribution in [2.45, 2.75) is 24.3 Å². The van der Waals surface area contributed by atoms with E-state index in [1.165, 1.54) is 0 Å². The average molecular weight is 542 g/mol. The number of carbonyl (C=O) groups excluding carboxylic acids is 2. The lowest BCUT2D eigenvalue weighted by atomic mass is 10.1. The molecule has 2 heterocycles. The predicted octanol–water partition coefficient (Wildman–Crippen LogP) is 3.39. The number of likely N-dealkylation sites (N-methyl/N-ethyl adjacent to an activating group) is 1. The summed E-state index contributed by atoms with van der Waals surface area (Å²) in [6, 6.07) is 14.4. The van der Waals surface area contributed by atoms with Crippen LogP contribution in [0.5, 0.6) is 5.75 Å². The van der Waals surface area contributed by atoms with Gasteiger partial charge in [-0.1, -0.05) is 6.07 Å². The summed E-state index contributed by atoms with van der Waals surface area (Å²) in [5, 5.41) is 3.38. The standard InChI is InChI=1S/C27H35N5O3S2/c1-4-35-22-10-8-20(9-11-22)28-25(33)19-24-26(34)32(21-6-5-7-23(18-21)37-3)27(36)31(24)17-16-30-14-12-29(2)13-15-30/h5-11,18,24H,4,12-17,19H2,1-3H3,(H,28,33)/t24-/m1/s1. The fourth-order valence-corrected chi connectivity index (χ4v) is 5.45. The summed E-state index contributed by atoms with van der Waals surface area (Å²) >= 11 is 7.45. The van der Waals surface area contributed by atoms with Crippen LogP contribution in [0.4, 0.5) is 11.4 Å². The van der Waals surface area contributed by atoms with E-state index in [0.29, 0.717) is 24.0 Å². The first-order valence-corrected chi connectivity index (χ1v) is 14.2. The van der Waals surface area contributed by atoms with Crippen LogP contribution in [0.2, 0.25) is 0 Å². The lowest BCUT2D eigenvalue weighted by molar-refractivity contribution is -0.124. The predicted molar refractivity (Wildman–Crippen MR) is 154 cm³/mol. The number of piperazine rings is 1. The van der Waals surface area contributed by atoms with Gasteiger partial charge in [0, 0.05) is 49.9 Å². The first-order chi connectivity index (χ1) is 17.9. The maximum absolute atomic E-state index is 13.7. The second-order valence-electron chi connectivity index (χ2n) is 9.22. The van der Waals surface area contributed by atoms with Crippen LogP contribution in [0.25, 0.3) is 0 Å². The quantitative estimate of drug-likeness (QED) is 0.363. The van der Waals surface area contributed by atoms with Crippen molar-refractivity contribution in [3.63, 3.8) is 0 Å². The second kappa shape index (κ2) is 12.7. The Hall–Kier alpha value is -2.66. The van der Waals surface area contributed by atoms with Gasteiger partial charge in [0.25, 0.3) is 5.91 Å². The van der Waals surface area contributed by atoms with Gasteiger partial charge >= 0.3 is 0 Å². The minimum atomic E-state index is -0.652. The Labute approximate surface area is 228 Å². The number of nitrogens with zero attached hydrogens (tertiary/aromatic N) is 4. The summed E-state index contributed by atoms with van der Waals surface area (Å²) in [6.45, 7) is 7.88. The summed E-state index contributed by atoms with van der Waals surface area (Å²) in [5.74, 6) is 0.355. The van der Waals surface area contributed by atoms with E-state index >= 15 is 0 Å². The number of carbonyl (C=O) groups is 2. The van der Waals surface area contributed by atoms with E-state index in [1.54, 1.807) is 28.8 Å². The first kappa shape index (κ1) is 27.4. The number of rotatable bonds is 10. The summed E-state index contributed by atoms with van der Waals surface area (Å²) in [4.78, 5) is 36.0. The van der Waals surface area contributed by atoms with Crippen molar-refractivity contribution in [2.75, 3.05) is 69.4 Å². The van der Waals surface area contributed by atoms with Crippen LogP contribution in [-0.4, -0.2) is 96.8 Å². The van der Waals surface area contributed by atoms with E-state index in [9.17, 15) is 9.59 Å². The maximum atomic E-state index is 13.7. The molecule has 2 aromatic rings. The van der Waals surface area contributed by atoms with E-state index < -0.39 is 6.04 Å². The lowest BCUT2D eigenvalue weighted by Gasteiger charge is -2.34. The Morgan fingerprint density at radius 2 is 1.84 bits per heavy atom. The van der Waals surface area contributed by atoms with Gasteiger partial charge in [0.15, 0.2) is 5.11 Å². The Bertz CT molecular complexity index is 1110. The molecule has 1 N–H and O–H groups in total. The van der Waals surface area contributed by atoms with Crippen LogP contribution >= 0.6 is 24.0 Å². The molecule has 2 fully saturated rings. The van der Waals surface area contributed by atoms with Gasteiger partial charge in [-0.15, -0.1) is 11.8 Å². The first-order valence-electron chi connectivity index (χ1n) is 12.6. The molecular weight excluding hydrogens is 506 g/mol. The molecule has 2 aromatic carbocycles. The van der Waals surface area contributed by atoms with Crippen molar-refractivity contribution >= 4 is 52.3 Å². The molecule has 0 aliphatic carbocycles. The Morgan fingerprint density at radius 3 is 2.51 bits per heavy atom. The van der Waals surface area contributed by atoms with E-state index in [0.717, 1.165) is 49.1 Å². The van der Waals surface area contributed by atoms with Crippen molar-refractivity contribution in [3.05, 3.63) is 48.5 Å². The molecule has 10 heteroatoms. The fourth-order valence-electron chi connectivity index (χ4n) is 4.58. The van der Waals surface area contributed by atoms with Crippen molar-refractivity contribution in [1.29, 1.82) is 0 Å². The third-order valence-electron chi connectivity index (χ3n) is 6.71. The van der Waals surface area contributed by atoms with Crippen molar-refractivity contribution in [1.82, 2.24) is 14.7 Å². The minimum absolute atomic E-state index is 0.0215. The number of thiocarbonyl (C=S) groups is 1. The fraction of sp³-hybridized carbons (Fsp3) is 0.444. The van der Waals surface area contributed by atoms with E-state index in [-0.39, 0.29) is 18.2 Å². The number of benzene rings is 2. The molecular formula is C27H35N5O3S2. The number of hydrogen-bond acceptors (Lipinski definition) is 7. The molecule has 2 saturated heterocycles. The van der Waals surface area contributed by atoms with E-state index in [2.05, 4.69) is 22.2 Å². The summed E-state index contributed by atoms with van der Waals surface area (Å²) in [6.07, 6.45) is 2.02. The van der Waals surface area contributed by atoms with E-state index in [1.807, 2.05) is 54.5 Å². The van der Waals surface area contributed by atoms with Crippen LogP contribution < -0.4 is 15.0 Å². The topological polar surface area (TPSA) is 68.4 Å². The van der Waals surface area contributed by atoms with Gasteiger partial charge in [-0.3, -0.25) is 19.4 Å². The Morgan fingerprint density at radius 1 is 1.11 bits per heavy atom. The normalized spacial score (nSPS) is 18.9. The number of ether oxygens (including phenoxy) is 1. The third kappa shape index (κ3) is 6.81. The van der Waals surface area contributed by atoms with Gasteiger partial charge in [0.05, 0.1) is 18.7 Å². The molecule has 198 valence electrons. The molecule has 0 spiro atoms. The zero-order valence-electron chi connectivity index (χ0n) is 21.7. The maximum Gasteiger partial charge on any atom is 0.256 e. The highest BCUT2D eigenvalue weighted by atomic mass is 32.2. The number of nitrogens with one attached hydrogen (secondary N) is 1. The summed E-state index contributed by atoms with van der Waals surface area (Å²) in [5.41, 5.74) is 1.40. The Balaban J connectivity index is 1.49. The van der Waals surface area contributed by atoms with Crippen LogP contribution in [0, 0.1) is 0 Å². The zero-order chi connectivity index (χ0) is 26.4. The molecule has 0 radical (unpaired) electrons. The van der Waals surface area contributed by atoms with Gasteiger partial charge in [-0.2, -0.15) is 0 Å². The zero-order valence-corrected chi connectivity index (χ0v) is 23.3. The number of hydrogen-bond donors (Lipinski definition) is 1. The average Bonchev–Trinajstić information content (AvgIpc) is 3.13. The highest BCUT2D eigenvalue weighted by molar-refractivity contribution is 7.98. The molecule has 37 heavy (non-hydrogen) atoms. The van der Waals surface area contributed by atoms with Crippen LogP contribution in [0.1, 0.15) is 13.3 Å². The largest absolute Gasteiger partial charge is 0.494 e. The summed E-state index contributed by atoms with van der Waals surface area (Å²) < 4.78 is 5.47. The minimum Gasteiger partial charge on any atom is -0.494 e. The van der Waals surface area contributed by atoms with Crippen molar-refractivity contribution < 1.29 is 14.3 Å². The highest BCUT2D eigenvalue weighted by Crippen LogP contribution is 2.30. The molecule has 0 unspecified atom stereocenters. The molecule has 0 bridgehead atoms. The van der Waals surface area contributed by atoms with Crippen LogP contribution in [0.15, 0.2) is 53.4 Å². The SMILES string of the molecule is CCOc1ccc(NC(=O)C[C@@H]2C(=O)N(c3cccc(SC)c3)C(=S)N2CCN2CCN(C)CC2)cc1. The Kier molecular flexibility index (Phi) is 9.42. The van der Waals surface area contributed by atoms with Crippen molar-refractivity contribution in [3.8, 4) is 5.75 Å². The molecule has 2 aliphatic rings. The van der Waals surface area contributed by atoms with Crippen molar-refractivity contribution in [2.24, 2.45) is 0 Å². The van der Waals surface area contributed by atoms with Gasteiger partial charge in [-0.05, 0) is 74.9 Å². The molecule has 4 rings (SSSR count). The second-order valence-corrected chi connectivity index (χ2v) is 10.5. The molecule has 8 nitrogen and oxygen atoms in total. The molecule has 2 aliphatic heterocycles. The molecule has 0 saturated carbocycles. The molecule has 1 atom stereocenters. The van der Waals surface area contributed by atoms with E-state index in [4.69, 9.17) is 17.0 Å². The van der Waals surface area contributed by atoms with Gasteiger partial charge in [-0.25, -0.2) is 0 Å². The lowest BCUT2D eigenvalue weighted by Crippen LogP contribution is -2.48.